The number of nitro groups is 1. The van der Waals surface area contributed by atoms with Crippen LogP contribution >= 0.6 is 0 Å². The Balaban J connectivity index is 1.60. The number of nitro benzene ring substituents is 1. The van der Waals surface area contributed by atoms with Crippen molar-refractivity contribution in [3.63, 3.8) is 0 Å². The molecule has 0 saturated carbocycles. The molecular formula is C21H23N3O6. The summed E-state index contributed by atoms with van der Waals surface area (Å²) in [6, 6.07) is 11.1. The Morgan fingerprint density at radius 1 is 1.27 bits per heavy atom. The second-order valence-electron chi connectivity index (χ2n) is 6.96. The Kier molecular flexibility index (Phi) is 6.97. The van der Waals surface area contributed by atoms with E-state index in [2.05, 4.69) is 10.6 Å². The lowest BCUT2D eigenvalue weighted by atomic mass is 10.1. The van der Waals surface area contributed by atoms with Crippen molar-refractivity contribution in [1.82, 2.24) is 5.32 Å². The maximum absolute atomic E-state index is 12.5. The van der Waals surface area contributed by atoms with Crippen LogP contribution in [0.3, 0.4) is 0 Å². The van der Waals surface area contributed by atoms with Crippen LogP contribution in [0.1, 0.15) is 28.8 Å². The number of carbonyl (C=O) groups is 2. The van der Waals surface area contributed by atoms with Crippen molar-refractivity contribution in [3.8, 4) is 5.75 Å². The van der Waals surface area contributed by atoms with E-state index in [1.165, 1.54) is 12.1 Å². The van der Waals surface area contributed by atoms with Crippen LogP contribution in [0.5, 0.6) is 5.75 Å². The van der Waals surface area contributed by atoms with Crippen LogP contribution in [-0.2, 0) is 9.53 Å². The molecule has 0 radical (unpaired) electrons. The minimum atomic E-state index is -0.562. The molecule has 3 rings (SSSR count). The van der Waals surface area contributed by atoms with E-state index in [1.54, 1.807) is 37.3 Å². The van der Waals surface area contributed by atoms with Gasteiger partial charge >= 0.3 is 5.69 Å². The molecule has 1 aliphatic rings. The normalized spacial score (nSPS) is 15.4. The molecule has 2 N–H and O–H groups in total. The summed E-state index contributed by atoms with van der Waals surface area (Å²) >= 11 is 0. The third kappa shape index (κ3) is 5.54. The van der Waals surface area contributed by atoms with Crippen LogP contribution in [0.4, 0.5) is 11.4 Å². The smallest absolute Gasteiger partial charge is 0.311 e. The lowest BCUT2D eigenvalue weighted by molar-refractivity contribution is -0.385. The third-order valence-electron chi connectivity index (χ3n) is 4.63. The second kappa shape index (κ2) is 9.84. The molecule has 0 aromatic heterocycles. The Bertz CT molecular complexity index is 940. The summed E-state index contributed by atoms with van der Waals surface area (Å²) in [5, 5.41) is 16.6. The Hall–Kier alpha value is -3.46. The number of para-hydroxylation sites is 1. The number of aryl methyl sites for hydroxylation is 1. The van der Waals surface area contributed by atoms with Crippen molar-refractivity contribution < 1.29 is 24.0 Å². The molecule has 1 heterocycles. The molecular weight excluding hydrogens is 390 g/mol. The first-order valence-corrected chi connectivity index (χ1v) is 9.60. The molecule has 0 spiro atoms. The molecule has 2 amide bonds. The van der Waals surface area contributed by atoms with E-state index < -0.39 is 17.4 Å². The summed E-state index contributed by atoms with van der Waals surface area (Å²) < 4.78 is 10.8. The maximum atomic E-state index is 12.5. The standard InChI is InChI=1S/C21H23N3O6/c1-14-8-9-19(18(11-14)24(27)28)30-13-20(25)23-17-7-3-2-6-16(17)21(26)22-12-15-5-4-10-29-15/h2-3,6-9,11,15H,4-5,10,12-13H2,1H3,(H,22,26)(H,23,25). The molecule has 2 aromatic rings. The minimum absolute atomic E-state index is 0.00309. The van der Waals surface area contributed by atoms with E-state index in [0.29, 0.717) is 30.0 Å². The molecule has 0 bridgehead atoms. The zero-order valence-corrected chi connectivity index (χ0v) is 16.6. The fraction of sp³-hybridized carbons (Fsp3) is 0.333. The second-order valence-corrected chi connectivity index (χ2v) is 6.96. The molecule has 30 heavy (non-hydrogen) atoms. The fourth-order valence-electron chi connectivity index (χ4n) is 3.12. The summed E-state index contributed by atoms with van der Waals surface area (Å²) in [4.78, 5) is 35.4. The zero-order chi connectivity index (χ0) is 21.5. The number of nitrogens with zero attached hydrogens (tertiary/aromatic N) is 1. The van der Waals surface area contributed by atoms with Crippen LogP contribution in [0.2, 0.25) is 0 Å². The zero-order valence-electron chi connectivity index (χ0n) is 16.6. The number of carbonyl (C=O) groups excluding carboxylic acids is 2. The lowest BCUT2D eigenvalue weighted by Gasteiger charge is -2.14. The van der Waals surface area contributed by atoms with E-state index in [-0.39, 0.29) is 23.4 Å². The molecule has 1 aliphatic heterocycles. The summed E-state index contributed by atoms with van der Waals surface area (Å²) in [5.41, 5.74) is 1.14. The first-order chi connectivity index (χ1) is 14.4. The van der Waals surface area contributed by atoms with Gasteiger partial charge in [0.15, 0.2) is 12.4 Å². The van der Waals surface area contributed by atoms with Gasteiger partial charge in [0.25, 0.3) is 11.8 Å². The SMILES string of the molecule is Cc1ccc(OCC(=O)Nc2ccccc2C(=O)NCC2CCCO2)c([N+](=O)[O-])c1. The molecule has 158 valence electrons. The topological polar surface area (TPSA) is 120 Å². The fourth-order valence-corrected chi connectivity index (χ4v) is 3.12. The van der Waals surface area contributed by atoms with Crippen molar-refractivity contribution in [2.24, 2.45) is 0 Å². The van der Waals surface area contributed by atoms with Gasteiger partial charge < -0.3 is 20.1 Å². The summed E-state index contributed by atoms with van der Waals surface area (Å²) in [6.45, 7) is 2.40. The van der Waals surface area contributed by atoms with Gasteiger partial charge in [0.2, 0.25) is 0 Å². The highest BCUT2D eigenvalue weighted by molar-refractivity contribution is 6.04. The van der Waals surface area contributed by atoms with E-state index in [0.717, 1.165) is 12.8 Å². The molecule has 0 aliphatic carbocycles. The van der Waals surface area contributed by atoms with Gasteiger partial charge in [-0.1, -0.05) is 18.2 Å². The van der Waals surface area contributed by atoms with Gasteiger partial charge in [-0.25, -0.2) is 0 Å². The van der Waals surface area contributed by atoms with E-state index in [9.17, 15) is 19.7 Å². The summed E-state index contributed by atoms with van der Waals surface area (Å²) in [6.07, 6.45) is 1.89. The van der Waals surface area contributed by atoms with Crippen LogP contribution < -0.4 is 15.4 Å². The van der Waals surface area contributed by atoms with Gasteiger partial charge in [-0.15, -0.1) is 0 Å². The Labute approximate surface area is 173 Å². The van der Waals surface area contributed by atoms with E-state index in [4.69, 9.17) is 9.47 Å². The van der Waals surface area contributed by atoms with Crippen molar-refractivity contribution in [1.29, 1.82) is 0 Å². The van der Waals surface area contributed by atoms with Crippen molar-refractivity contribution in [3.05, 3.63) is 63.7 Å². The van der Waals surface area contributed by atoms with E-state index >= 15 is 0 Å². The van der Waals surface area contributed by atoms with Gasteiger partial charge in [0.05, 0.1) is 22.3 Å². The number of ether oxygens (including phenoxy) is 2. The first kappa shape index (κ1) is 21.3. The first-order valence-electron chi connectivity index (χ1n) is 9.60. The average molecular weight is 413 g/mol. The van der Waals surface area contributed by atoms with Crippen LogP contribution in [-0.4, -0.2) is 42.6 Å². The predicted octanol–water partition coefficient (Wildman–Crippen LogP) is 2.83. The molecule has 1 fully saturated rings. The Morgan fingerprint density at radius 3 is 2.80 bits per heavy atom. The number of hydrogen-bond acceptors (Lipinski definition) is 6. The number of amides is 2. The number of anilines is 1. The molecule has 1 unspecified atom stereocenters. The highest BCUT2D eigenvalue weighted by Gasteiger charge is 2.19. The van der Waals surface area contributed by atoms with Gasteiger partial charge in [-0.3, -0.25) is 19.7 Å². The van der Waals surface area contributed by atoms with Crippen LogP contribution in [0.15, 0.2) is 42.5 Å². The van der Waals surface area contributed by atoms with Crippen LogP contribution in [0, 0.1) is 17.0 Å². The van der Waals surface area contributed by atoms with Crippen LogP contribution in [0.25, 0.3) is 0 Å². The third-order valence-corrected chi connectivity index (χ3v) is 4.63. The monoisotopic (exact) mass is 413 g/mol. The molecule has 9 heteroatoms. The van der Waals surface area contributed by atoms with Crippen molar-refractivity contribution in [2.75, 3.05) is 25.1 Å². The Morgan fingerprint density at radius 2 is 2.07 bits per heavy atom. The van der Waals surface area contributed by atoms with Gasteiger partial charge in [-0.2, -0.15) is 0 Å². The molecule has 1 saturated heterocycles. The minimum Gasteiger partial charge on any atom is -0.477 e. The molecule has 1 atom stereocenters. The van der Waals surface area contributed by atoms with Gasteiger partial charge in [0.1, 0.15) is 0 Å². The molecule has 2 aromatic carbocycles. The van der Waals surface area contributed by atoms with E-state index in [1.807, 2.05) is 0 Å². The molecule has 9 nitrogen and oxygen atoms in total. The van der Waals surface area contributed by atoms with Crippen molar-refractivity contribution >= 4 is 23.2 Å². The quantitative estimate of drug-likeness (QED) is 0.507. The highest BCUT2D eigenvalue weighted by atomic mass is 16.6. The predicted molar refractivity (Wildman–Crippen MR) is 110 cm³/mol. The van der Waals surface area contributed by atoms with Crippen molar-refractivity contribution in [2.45, 2.75) is 25.9 Å². The number of nitrogens with one attached hydrogen (secondary N) is 2. The summed E-state index contributed by atoms with van der Waals surface area (Å²) in [7, 11) is 0. The highest BCUT2D eigenvalue weighted by Crippen LogP contribution is 2.27. The van der Waals surface area contributed by atoms with Gasteiger partial charge in [-0.05, 0) is 43.5 Å². The number of benzene rings is 2. The lowest BCUT2D eigenvalue weighted by Crippen LogP contribution is -2.32. The largest absolute Gasteiger partial charge is 0.477 e. The maximum Gasteiger partial charge on any atom is 0.311 e. The number of rotatable bonds is 8. The van der Waals surface area contributed by atoms with Gasteiger partial charge in [0, 0.05) is 19.2 Å². The average Bonchev–Trinajstić information content (AvgIpc) is 3.25. The summed E-state index contributed by atoms with van der Waals surface area (Å²) in [5.74, 6) is -0.857. The number of hydrogen-bond donors (Lipinski definition) is 2.